The monoisotopic (exact) mass is 413 g/mol. The standard InChI is InChI=1S/C17H23N3O7S/c1-20(2)11-5-3-10(4-6-11)7-12(8-18)28(25,26)19-14-16(23)15(22)13(9-21)27-17(14)24/h3-7,13-17,19,21-24H,9H2,1-2H3/b12-7+/t13-,14-,15-,16-,17?/m1/s1. The van der Waals surface area contributed by atoms with Crippen molar-refractivity contribution in [2.45, 2.75) is 30.6 Å². The third kappa shape index (κ3) is 4.86. The second-order valence-corrected chi connectivity index (χ2v) is 8.16. The van der Waals surface area contributed by atoms with Crippen molar-refractivity contribution in [1.29, 1.82) is 5.26 Å². The summed E-state index contributed by atoms with van der Waals surface area (Å²) in [7, 11) is -0.753. The summed E-state index contributed by atoms with van der Waals surface area (Å²) < 4.78 is 32.0. The molecule has 1 saturated heterocycles. The average Bonchev–Trinajstić information content (AvgIpc) is 2.66. The number of anilines is 1. The third-order valence-electron chi connectivity index (χ3n) is 4.30. The number of benzene rings is 1. The summed E-state index contributed by atoms with van der Waals surface area (Å²) in [6, 6.07) is 6.69. The molecule has 1 aromatic carbocycles. The van der Waals surface area contributed by atoms with Gasteiger partial charge in [0.2, 0.25) is 0 Å². The molecule has 11 heteroatoms. The molecule has 0 aromatic heterocycles. The first-order valence-electron chi connectivity index (χ1n) is 8.32. The number of aliphatic hydroxyl groups is 4. The van der Waals surface area contributed by atoms with Crippen LogP contribution in [0, 0.1) is 11.3 Å². The lowest BCUT2D eigenvalue weighted by Crippen LogP contribution is -2.64. The zero-order valence-corrected chi connectivity index (χ0v) is 16.1. The van der Waals surface area contributed by atoms with Crippen molar-refractivity contribution in [3.05, 3.63) is 34.7 Å². The van der Waals surface area contributed by atoms with Crippen LogP contribution in [0.1, 0.15) is 5.56 Å². The molecular weight excluding hydrogens is 390 g/mol. The zero-order chi connectivity index (χ0) is 21.1. The van der Waals surface area contributed by atoms with E-state index in [0.717, 1.165) is 11.8 Å². The van der Waals surface area contributed by atoms with Crippen molar-refractivity contribution in [1.82, 2.24) is 4.72 Å². The molecule has 0 bridgehead atoms. The highest BCUT2D eigenvalue weighted by atomic mass is 32.2. The molecule has 0 spiro atoms. The first-order chi connectivity index (χ1) is 13.1. The molecule has 1 unspecified atom stereocenters. The van der Waals surface area contributed by atoms with E-state index in [2.05, 4.69) is 0 Å². The predicted molar refractivity (Wildman–Crippen MR) is 100 cm³/mol. The second-order valence-electron chi connectivity index (χ2n) is 6.48. The molecule has 5 atom stereocenters. The second kappa shape index (κ2) is 8.97. The number of nitrogens with zero attached hydrogens (tertiary/aromatic N) is 2. The van der Waals surface area contributed by atoms with Crippen molar-refractivity contribution in [2.24, 2.45) is 0 Å². The first kappa shape index (κ1) is 22.3. The number of nitrogens with one attached hydrogen (secondary N) is 1. The van der Waals surface area contributed by atoms with Gasteiger partial charge in [-0.25, -0.2) is 8.42 Å². The maximum atomic E-state index is 12.5. The van der Waals surface area contributed by atoms with Crippen molar-refractivity contribution >= 4 is 21.8 Å². The summed E-state index contributed by atoms with van der Waals surface area (Å²) in [5.41, 5.74) is 1.34. The van der Waals surface area contributed by atoms with Crippen LogP contribution in [0.25, 0.3) is 6.08 Å². The van der Waals surface area contributed by atoms with Gasteiger partial charge in [-0.3, -0.25) is 0 Å². The number of hydrogen-bond donors (Lipinski definition) is 5. The Balaban J connectivity index is 2.25. The topological polar surface area (TPSA) is 163 Å². The molecule has 1 aliphatic heterocycles. The van der Waals surface area contributed by atoms with Gasteiger partial charge in [0.05, 0.1) is 6.61 Å². The summed E-state index contributed by atoms with van der Waals surface area (Å²) in [4.78, 5) is 1.21. The van der Waals surface area contributed by atoms with Gasteiger partial charge in [0, 0.05) is 19.8 Å². The zero-order valence-electron chi connectivity index (χ0n) is 15.3. The molecule has 154 valence electrons. The van der Waals surface area contributed by atoms with E-state index in [1.807, 2.05) is 23.7 Å². The van der Waals surface area contributed by atoms with Gasteiger partial charge in [0.15, 0.2) is 11.2 Å². The van der Waals surface area contributed by atoms with Crippen LogP contribution in [-0.4, -0.2) is 80.2 Å². The van der Waals surface area contributed by atoms with Crippen molar-refractivity contribution < 1.29 is 33.6 Å². The quantitative estimate of drug-likeness (QED) is 0.343. The predicted octanol–water partition coefficient (Wildman–Crippen LogP) is -1.66. The Bertz CT molecular complexity index is 848. The number of aliphatic hydroxyl groups excluding tert-OH is 4. The number of allylic oxidation sites excluding steroid dienone is 1. The molecule has 0 saturated carbocycles. The minimum absolute atomic E-state index is 0.453. The highest BCUT2D eigenvalue weighted by molar-refractivity contribution is 7.93. The number of hydrogen-bond acceptors (Lipinski definition) is 9. The average molecular weight is 413 g/mol. The Morgan fingerprint density at radius 3 is 2.36 bits per heavy atom. The molecule has 10 nitrogen and oxygen atoms in total. The Morgan fingerprint density at radius 1 is 1.25 bits per heavy atom. The van der Waals surface area contributed by atoms with Gasteiger partial charge in [-0.2, -0.15) is 9.98 Å². The van der Waals surface area contributed by atoms with E-state index < -0.39 is 52.2 Å². The van der Waals surface area contributed by atoms with Gasteiger partial charge in [-0.05, 0) is 23.8 Å². The maximum absolute atomic E-state index is 12.5. The minimum Gasteiger partial charge on any atom is -0.394 e. The Kier molecular flexibility index (Phi) is 7.13. The normalized spacial score (nSPS) is 28.6. The smallest absolute Gasteiger partial charge is 0.251 e. The van der Waals surface area contributed by atoms with Crippen LogP contribution < -0.4 is 9.62 Å². The molecule has 1 aromatic rings. The highest BCUT2D eigenvalue weighted by Gasteiger charge is 2.45. The summed E-state index contributed by atoms with van der Waals surface area (Å²) in [6.45, 7) is -0.680. The van der Waals surface area contributed by atoms with Gasteiger partial charge >= 0.3 is 0 Å². The van der Waals surface area contributed by atoms with E-state index in [1.165, 1.54) is 0 Å². The lowest BCUT2D eigenvalue weighted by Gasteiger charge is -2.40. The molecule has 2 rings (SSSR count). The molecule has 28 heavy (non-hydrogen) atoms. The Labute approximate surface area is 163 Å². The molecule has 5 N–H and O–H groups in total. The summed E-state index contributed by atoms with van der Waals surface area (Å²) in [5, 5.41) is 48.2. The number of nitriles is 1. The summed E-state index contributed by atoms with van der Waals surface area (Å²) >= 11 is 0. The van der Waals surface area contributed by atoms with Gasteiger partial charge in [0.1, 0.15) is 30.4 Å². The number of rotatable bonds is 6. The van der Waals surface area contributed by atoms with E-state index >= 15 is 0 Å². The van der Waals surface area contributed by atoms with Crippen LogP contribution in [0.5, 0.6) is 0 Å². The van der Waals surface area contributed by atoms with Crippen molar-refractivity contribution in [3.8, 4) is 6.07 Å². The van der Waals surface area contributed by atoms with Crippen LogP contribution in [0.4, 0.5) is 5.69 Å². The largest absolute Gasteiger partial charge is 0.394 e. The summed E-state index contributed by atoms with van der Waals surface area (Å²) in [5.74, 6) is 0. The van der Waals surface area contributed by atoms with Crippen LogP contribution in [0.3, 0.4) is 0 Å². The molecule has 1 aliphatic rings. The van der Waals surface area contributed by atoms with Gasteiger partial charge in [0.25, 0.3) is 10.0 Å². The van der Waals surface area contributed by atoms with E-state index in [-0.39, 0.29) is 0 Å². The number of sulfonamides is 1. The third-order valence-corrected chi connectivity index (χ3v) is 5.67. The summed E-state index contributed by atoms with van der Waals surface area (Å²) in [6.07, 6.45) is -5.35. The molecule has 1 heterocycles. The van der Waals surface area contributed by atoms with Crippen LogP contribution in [0.15, 0.2) is 29.2 Å². The minimum atomic E-state index is -4.44. The lowest BCUT2D eigenvalue weighted by molar-refractivity contribution is -0.251. The lowest BCUT2D eigenvalue weighted by atomic mass is 9.98. The molecule has 1 fully saturated rings. The number of ether oxygens (including phenoxy) is 1. The molecule has 0 amide bonds. The SMILES string of the molecule is CN(C)c1ccc(/C=C(\C#N)S(=O)(=O)N[C@H]2C(O)O[C@H](CO)[C@@H](O)[C@@H]2O)cc1. The fourth-order valence-electron chi connectivity index (χ4n) is 2.66. The van der Waals surface area contributed by atoms with E-state index in [1.54, 1.807) is 30.3 Å². The van der Waals surface area contributed by atoms with Gasteiger partial charge in [-0.1, -0.05) is 12.1 Å². The van der Waals surface area contributed by atoms with Gasteiger partial charge < -0.3 is 30.1 Å². The molecule has 0 aliphatic carbocycles. The Hall–Kier alpha value is -2.04. The van der Waals surface area contributed by atoms with Crippen molar-refractivity contribution in [3.63, 3.8) is 0 Å². The first-order valence-corrected chi connectivity index (χ1v) is 9.81. The van der Waals surface area contributed by atoms with Gasteiger partial charge in [-0.15, -0.1) is 0 Å². The van der Waals surface area contributed by atoms with Crippen LogP contribution in [-0.2, 0) is 14.8 Å². The molecule has 0 radical (unpaired) electrons. The maximum Gasteiger partial charge on any atom is 0.251 e. The van der Waals surface area contributed by atoms with E-state index in [0.29, 0.717) is 5.56 Å². The van der Waals surface area contributed by atoms with Crippen LogP contribution >= 0.6 is 0 Å². The van der Waals surface area contributed by atoms with Crippen molar-refractivity contribution in [2.75, 3.05) is 25.6 Å². The van der Waals surface area contributed by atoms with Crippen LogP contribution in [0.2, 0.25) is 0 Å². The fourth-order valence-corrected chi connectivity index (χ4v) is 3.81. The molecular formula is C17H23N3O7S. The van der Waals surface area contributed by atoms with E-state index in [9.17, 15) is 29.0 Å². The van der Waals surface area contributed by atoms with E-state index in [4.69, 9.17) is 9.84 Å². The Morgan fingerprint density at radius 2 is 1.86 bits per heavy atom. The highest BCUT2D eigenvalue weighted by Crippen LogP contribution is 2.22. The fraction of sp³-hybridized carbons (Fsp3) is 0.471.